The second-order valence-electron chi connectivity index (χ2n) is 7.89. The number of amides is 1. The maximum Gasteiger partial charge on any atom is 0.242 e. The van der Waals surface area contributed by atoms with Crippen LogP contribution in [0.3, 0.4) is 0 Å². The summed E-state index contributed by atoms with van der Waals surface area (Å²) in [4.78, 5) is 23.6. The minimum atomic E-state index is -0.499. The summed E-state index contributed by atoms with van der Waals surface area (Å²) in [5.74, 6) is 1.23. The lowest BCUT2D eigenvalue weighted by atomic mass is 9.97. The van der Waals surface area contributed by atoms with Gasteiger partial charge >= 0.3 is 0 Å². The third kappa shape index (κ3) is 3.64. The molecule has 0 saturated carbocycles. The van der Waals surface area contributed by atoms with Crippen LogP contribution < -0.4 is 0 Å². The highest BCUT2D eigenvalue weighted by molar-refractivity contribution is 5.81. The highest BCUT2D eigenvalue weighted by atomic mass is 16.3. The van der Waals surface area contributed by atoms with Crippen molar-refractivity contribution in [1.29, 1.82) is 0 Å². The van der Waals surface area contributed by atoms with Gasteiger partial charge in [0.05, 0.1) is 17.1 Å². The Bertz CT molecular complexity index is 967. The predicted molar refractivity (Wildman–Crippen MR) is 108 cm³/mol. The second kappa shape index (κ2) is 7.72. The number of β-amino-alcohol motifs (C(OH)–C–C–N with tert-alkyl or cyclic N) is 1. The molecule has 3 aromatic rings. The Hall–Kier alpha value is -2.73. The van der Waals surface area contributed by atoms with E-state index in [1.807, 2.05) is 41.0 Å². The number of fused-ring (bicyclic) bond motifs is 1. The molecule has 1 saturated heterocycles. The molecule has 3 heterocycles. The van der Waals surface area contributed by atoms with Crippen molar-refractivity contribution in [2.45, 2.75) is 38.8 Å². The number of para-hydroxylation sites is 2. The Morgan fingerprint density at radius 3 is 2.68 bits per heavy atom. The van der Waals surface area contributed by atoms with Crippen molar-refractivity contribution in [1.82, 2.24) is 19.4 Å². The molecule has 1 fully saturated rings. The van der Waals surface area contributed by atoms with Crippen LogP contribution in [0.5, 0.6) is 0 Å². The van der Waals surface area contributed by atoms with Crippen molar-refractivity contribution >= 4 is 16.9 Å². The van der Waals surface area contributed by atoms with Gasteiger partial charge in [-0.3, -0.25) is 9.78 Å². The van der Waals surface area contributed by atoms with E-state index in [0.29, 0.717) is 13.1 Å². The van der Waals surface area contributed by atoms with Gasteiger partial charge in [0.1, 0.15) is 12.4 Å². The third-order valence-corrected chi connectivity index (χ3v) is 5.50. The monoisotopic (exact) mass is 378 g/mol. The molecule has 2 atom stereocenters. The number of rotatable bonds is 5. The summed E-state index contributed by atoms with van der Waals surface area (Å²) >= 11 is 0. The van der Waals surface area contributed by atoms with Gasteiger partial charge < -0.3 is 14.6 Å². The number of nitrogens with zero attached hydrogens (tertiary/aromatic N) is 4. The van der Waals surface area contributed by atoms with Crippen LogP contribution in [-0.2, 0) is 17.8 Å². The van der Waals surface area contributed by atoms with Gasteiger partial charge in [-0.15, -0.1) is 0 Å². The molecule has 2 aromatic heterocycles. The molecule has 1 amide bonds. The predicted octanol–water partition coefficient (Wildman–Crippen LogP) is 2.62. The summed E-state index contributed by atoms with van der Waals surface area (Å²) in [7, 11) is 0. The molecule has 6 nitrogen and oxygen atoms in total. The SMILES string of the molecule is CC(C)c1nc2ccccc2n1CC(=O)N1C[C@@H](Cc2ccncc2)[C@@H](O)C1. The van der Waals surface area contributed by atoms with E-state index in [-0.39, 0.29) is 24.3 Å². The Balaban J connectivity index is 1.50. The smallest absolute Gasteiger partial charge is 0.242 e. The van der Waals surface area contributed by atoms with E-state index < -0.39 is 6.10 Å². The third-order valence-electron chi connectivity index (χ3n) is 5.50. The van der Waals surface area contributed by atoms with E-state index in [9.17, 15) is 9.90 Å². The largest absolute Gasteiger partial charge is 0.391 e. The van der Waals surface area contributed by atoms with Crippen LogP contribution >= 0.6 is 0 Å². The van der Waals surface area contributed by atoms with Crippen LogP contribution in [0.2, 0.25) is 0 Å². The lowest BCUT2D eigenvalue weighted by molar-refractivity contribution is -0.131. The van der Waals surface area contributed by atoms with E-state index in [2.05, 4.69) is 18.8 Å². The summed E-state index contributed by atoms with van der Waals surface area (Å²) in [5, 5.41) is 10.5. The van der Waals surface area contributed by atoms with Crippen molar-refractivity contribution in [2.75, 3.05) is 13.1 Å². The van der Waals surface area contributed by atoms with Gasteiger partial charge in [0.2, 0.25) is 5.91 Å². The second-order valence-corrected chi connectivity index (χ2v) is 7.89. The molecule has 1 aliphatic heterocycles. The Morgan fingerprint density at radius 1 is 1.18 bits per heavy atom. The van der Waals surface area contributed by atoms with Crippen molar-refractivity contribution in [3.8, 4) is 0 Å². The minimum Gasteiger partial charge on any atom is -0.391 e. The van der Waals surface area contributed by atoms with E-state index in [4.69, 9.17) is 4.98 Å². The van der Waals surface area contributed by atoms with E-state index >= 15 is 0 Å². The fourth-order valence-electron chi connectivity index (χ4n) is 4.02. The average Bonchev–Trinajstić information content (AvgIpc) is 3.24. The molecule has 1 N–H and O–H groups in total. The highest BCUT2D eigenvalue weighted by Gasteiger charge is 2.34. The zero-order valence-electron chi connectivity index (χ0n) is 16.3. The van der Waals surface area contributed by atoms with Crippen LogP contribution in [-0.4, -0.2) is 49.6 Å². The maximum absolute atomic E-state index is 13.0. The first-order valence-corrected chi connectivity index (χ1v) is 9.83. The van der Waals surface area contributed by atoms with Crippen LogP contribution in [0.1, 0.15) is 31.2 Å². The van der Waals surface area contributed by atoms with Gasteiger partial charge in [-0.2, -0.15) is 0 Å². The topological polar surface area (TPSA) is 71.2 Å². The first kappa shape index (κ1) is 18.6. The number of hydrogen-bond donors (Lipinski definition) is 1. The molecule has 0 unspecified atom stereocenters. The highest BCUT2D eigenvalue weighted by Crippen LogP contribution is 2.24. The molecule has 0 bridgehead atoms. The lowest BCUT2D eigenvalue weighted by Crippen LogP contribution is -2.33. The van der Waals surface area contributed by atoms with Crippen molar-refractivity contribution in [3.05, 3.63) is 60.2 Å². The molecule has 1 aromatic carbocycles. The molecule has 0 spiro atoms. The van der Waals surface area contributed by atoms with Crippen LogP contribution in [0.25, 0.3) is 11.0 Å². The summed E-state index contributed by atoms with van der Waals surface area (Å²) < 4.78 is 2.02. The molecular weight excluding hydrogens is 352 g/mol. The quantitative estimate of drug-likeness (QED) is 0.741. The number of pyridine rings is 1. The minimum absolute atomic E-state index is 0.0290. The van der Waals surface area contributed by atoms with Gasteiger partial charge in [0.15, 0.2) is 0 Å². The number of carbonyl (C=O) groups is 1. The normalized spacial score (nSPS) is 19.6. The zero-order valence-corrected chi connectivity index (χ0v) is 16.3. The molecule has 0 aliphatic carbocycles. The number of aromatic nitrogens is 3. The standard InChI is InChI=1S/C22H26N4O2/c1-15(2)22-24-18-5-3-4-6-19(18)26(22)14-21(28)25-12-17(20(27)13-25)11-16-7-9-23-10-8-16/h3-10,15,17,20,27H,11-14H2,1-2H3/t17-,20+/m1/s1. The number of aliphatic hydroxyl groups excluding tert-OH is 1. The Labute approximate surface area is 164 Å². The van der Waals surface area contributed by atoms with Crippen LogP contribution in [0.4, 0.5) is 0 Å². The van der Waals surface area contributed by atoms with Gasteiger partial charge in [0, 0.05) is 37.3 Å². The van der Waals surface area contributed by atoms with Gasteiger partial charge in [-0.05, 0) is 36.2 Å². The molecule has 1 aliphatic rings. The maximum atomic E-state index is 13.0. The summed E-state index contributed by atoms with van der Waals surface area (Å²) in [6.07, 6.45) is 3.77. The number of carbonyl (C=O) groups excluding carboxylic acids is 1. The van der Waals surface area contributed by atoms with E-state index in [1.54, 1.807) is 17.3 Å². The van der Waals surface area contributed by atoms with Gasteiger partial charge in [0.25, 0.3) is 0 Å². The first-order chi connectivity index (χ1) is 13.5. The fourth-order valence-corrected chi connectivity index (χ4v) is 4.02. The summed E-state index contributed by atoms with van der Waals surface area (Å²) in [6, 6.07) is 11.8. The summed E-state index contributed by atoms with van der Waals surface area (Å²) in [5.41, 5.74) is 3.03. The molecule has 0 radical (unpaired) electrons. The van der Waals surface area contributed by atoms with Crippen LogP contribution in [0.15, 0.2) is 48.8 Å². The number of likely N-dealkylation sites (tertiary alicyclic amines) is 1. The molecule has 28 heavy (non-hydrogen) atoms. The first-order valence-electron chi connectivity index (χ1n) is 9.83. The molecule has 146 valence electrons. The average molecular weight is 378 g/mol. The van der Waals surface area contributed by atoms with Crippen LogP contribution in [0, 0.1) is 5.92 Å². The molecule has 4 rings (SSSR count). The van der Waals surface area contributed by atoms with Gasteiger partial charge in [-0.25, -0.2) is 4.98 Å². The number of benzene rings is 1. The van der Waals surface area contributed by atoms with E-state index in [0.717, 1.165) is 28.8 Å². The zero-order chi connectivity index (χ0) is 19.7. The van der Waals surface area contributed by atoms with E-state index in [1.165, 1.54) is 0 Å². The Kier molecular flexibility index (Phi) is 5.13. The van der Waals surface area contributed by atoms with Gasteiger partial charge in [-0.1, -0.05) is 26.0 Å². The molecule has 6 heteroatoms. The number of hydrogen-bond acceptors (Lipinski definition) is 4. The van der Waals surface area contributed by atoms with Crippen molar-refractivity contribution in [3.63, 3.8) is 0 Å². The number of imidazole rings is 1. The fraction of sp³-hybridized carbons (Fsp3) is 0.409. The number of aliphatic hydroxyl groups is 1. The van der Waals surface area contributed by atoms with Crippen molar-refractivity contribution < 1.29 is 9.90 Å². The summed E-state index contributed by atoms with van der Waals surface area (Å²) in [6.45, 7) is 5.39. The van der Waals surface area contributed by atoms with Crippen molar-refractivity contribution in [2.24, 2.45) is 5.92 Å². The molecular formula is C22H26N4O2. The Morgan fingerprint density at radius 2 is 1.93 bits per heavy atom. The lowest BCUT2D eigenvalue weighted by Gasteiger charge is -2.18.